The standard InChI is InChI=1S/C14H26N6O/c1-10-8-19(9-11(2)21)6-7-20(10)14-16-12(3)15-13(17-14)18(4)5/h10-11,21H,6-9H2,1-5H3. The highest BCUT2D eigenvalue weighted by atomic mass is 16.3. The van der Waals surface area contributed by atoms with Gasteiger partial charge in [0.2, 0.25) is 11.9 Å². The summed E-state index contributed by atoms with van der Waals surface area (Å²) >= 11 is 0. The van der Waals surface area contributed by atoms with E-state index >= 15 is 0 Å². The Morgan fingerprint density at radius 3 is 2.57 bits per heavy atom. The van der Waals surface area contributed by atoms with Gasteiger partial charge in [0, 0.05) is 46.3 Å². The SMILES string of the molecule is Cc1nc(N(C)C)nc(N2CCN(CC(C)O)CC2C)n1. The first-order valence-corrected chi connectivity index (χ1v) is 7.44. The number of piperazine rings is 1. The molecule has 1 N–H and O–H groups in total. The second kappa shape index (κ2) is 6.53. The van der Waals surface area contributed by atoms with Crippen LogP contribution in [0, 0.1) is 6.92 Å². The molecule has 1 aliphatic rings. The first kappa shape index (κ1) is 15.9. The molecule has 0 radical (unpaired) electrons. The van der Waals surface area contributed by atoms with Crippen LogP contribution >= 0.6 is 0 Å². The monoisotopic (exact) mass is 294 g/mol. The maximum Gasteiger partial charge on any atom is 0.230 e. The van der Waals surface area contributed by atoms with E-state index in [0.717, 1.165) is 38.0 Å². The summed E-state index contributed by atoms with van der Waals surface area (Å²) < 4.78 is 0. The Hall–Kier alpha value is -1.47. The van der Waals surface area contributed by atoms with E-state index in [9.17, 15) is 5.11 Å². The van der Waals surface area contributed by atoms with Crippen LogP contribution in [0.15, 0.2) is 0 Å². The van der Waals surface area contributed by atoms with E-state index in [1.165, 1.54) is 0 Å². The molecule has 1 aromatic rings. The number of hydrogen-bond acceptors (Lipinski definition) is 7. The zero-order chi connectivity index (χ0) is 15.6. The highest BCUT2D eigenvalue weighted by molar-refractivity contribution is 5.39. The fourth-order valence-electron chi connectivity index (χ4n) is 2.65. The Bertz CT molecular complexity index is 479. The molecule has 1 aliphatic heterocycles. The molecule has 21 heavy (non-hydrogen) atoms. The Balaban J connectivity index is 2.12. The molecule has 7 heteroatoms. The van der Waals surface area contributed by atoms with Gasteiger partial charge in [0.15, 0.2) is 0 Å². The third kappa shape index (κ3) is 4.01. The van der Waals surface area contributed by atoms with Gasteiger partial charge in [0.05, 0.1) is 6.10 Å². The van der Waals surface area contributed by atoms with E-state index < -0.39 is 0 Å². The van der Waals surface area contributed by atoms with E-state index in [-0.39, 0.29) is 6.10 Å². The highest BCUT2D eigenvalue weighted by Gasteiger charge is 2.26. The van der Waals surface area contributed by atoms with Gasteiger partial charge in [-0.05, 0) is 20.8 Å². The zero-order valence-corrected chi connectivity index (χ0v) is 13.6. The fraction of sp³-hybridized carbons (Fsp3) is 0.786. The quantitative estimate of drug-likeness (QED) is 0.847. The predicted octanol–water partition coefficient (Wildman–Crippen LogP) is 0.137. The van der Waals surface area contributed by atoms with Crippen LogP contribution < -0.4 is 9.80 Å². The lowest BCUT2D eigenvalue weighted by atomic mass is 10.2. The minimum absolute atomic E-state index is 0.288. The van der Waals surface area contributed by atoms with Crippen molar-refractivity contribution in [3.05, 3.63) is 5.82 Å². The lowest BCUT2D eigenvalue weighted by Crippen LogP contribution is -2.53. The number of aliphatic hydroxyl groups is 1. The summed E-state index contributed by atoms with van der Waals surface area (Å²) in [6.07, 6.45) is -0.288. The maximum absolute atomic E-state index is 9.51. The number of aryl methyl sites for hydroxylation is 1. The second-order valence-corrected chi connectivity index (χ2v) is 6.03. The Morgan fingerprint density at radius 2 is 2.00 bits per heavy atom. The number of rotatable bonds is 4. The number of nitrogens with zero attached hydrogens (tertiary/aromatic N) is 6. The fourth-order valence-corrected chi connectivity index (χ4v) is 2.65. The molecule has 2 atom stereocenters. The molecule has 1 fully saturated rings. The van der Waals surface area contributed by atoms with Crippen molar-refractivity contribution in [3.8, 4) is 0 Å². The van der Waals surface area contributed by atoms with Gasteiger partial charge >= 0.3 is 0 Å². The van der Waals surface area contributed by atoms with E-state index in [2.05, 4.69) is 31.7 Å². The molecule has 0 aliphatic carbocycles. The molecule has 0 bridgehead atoms. The van der Waals surface area contributed by atoms with Gasteiger partial charge in [0.25, 0.3) is 0 Å². The minimum Gasteiger partial charge on any atom is -0.392 e. The summed E-state index contributed by atoms with van der Waals surface area (Å²) in [4.78, 5) is 19.8. The zero-order valence-electron chi connectivity index (χ0n) is 13.6. The first-order chi connectivity index (χ1) is 9.86. The Labute approximate surface area is 126 Å². The van der Waals surface area contributed by atoms with Crippen molar-refractivity contribution >= 4 is 11.9 Å². The van der Waals surface area contributed by atoms with Crippen LogP contribution in [0.1, 0.15) is 19.7 Å². The molecule has 2 rings (SSSR count). The molecule has 1 aromatic heterocycles. The third-order valence-corrected chi connectivity index (χ3v) is 3.61. The number of aliphatic hydroxyl groups excluding tert-OH is 1. The summed E-state index contributed by atoms with van der Waals surface area (Å²) in [5, 5.41) is 9.51. The van der Waals surface area contributed by atoms with Crippen molar-refractivity contribution in [2.45, 2.75) is 32.9 Å². The number of β-amino-alcohol motifs (C(OH)–C–C–N with tert-alkyl or cyclic N) is 1. The Kier molecular flexibility index (Phi) is 4.95. The molecule has 2 unspecified atom stereocenters. The average molecular weight is 294 g/mol. The van der Waals surface area contributed by atoms with Gasteiger partial charge in [0.1, 0.15) is 5.82 Å². The van der Waals surface area contributed by atoms with Crippen molar-refractivity contribution in [2.24, 2.45) is 0 Å². The lowest BCUT2D eigenvalue weighted by Gasteiger charge is -2.40. The molecule has 0 spiro atoms. The molecular formula is C14H26N6O. The van der Waals surface area contributed by atoms with Crippen LogP contribution in [0.2, 0.25) is 0 Å². The summed E-state index contributed by atoms with van der Waals surface area (Å²) in [7, 11) is 3.87. The van der Waals surface area contributed by atoms with Crippen molar-refractivity contribution in [1.29, 1.82) is 0 Å². The molecule has 0 aromatic carbocycles. The topological polar surface area (TPSA) is 68.6 Å². The second-order valence-electron chi connectivity index (χ2n) is 6.03. The summed E-state index contributed by atoms with van der Waals surface area (Å²) in [6.45, 7) is 9.30. The molecular weight excluding hydrogens is 268 g/mol. The summed E-state index contributed by atoms with van der Waals surface area (Å²) in [6, 6.07) is 0.314. The van der Waals surface area contributed by atoms with Gasteiger partial charge in [-0.2, -0.15) is 15.0 Å². The minimum atomic E-state index is -0.288. The van der Waals surface area contributed by atoms with E-state index in [1.54, 1.807) is 0 Å². The van der Waals surface area contributed by atoms with Gasteiger partial charge in [-0.1, -0.05) is 0 Å². The molecule has 0 saturated carbocycles. The largest absolute Gasteiger partial charge is 0.392 e. The van der Waals surface area contributed by atoms with Gasteiger partial charge in [-0.3, -0.25) is 4.90 Å². The van der Waals surface area contributed by atoms with Crippen molar-refractivity contribution in [3.63, 3.8) is 0 Å². The number of hydrogen-bond donors (Lipinski definition) is 1. The number of aromatic nitrogens is 3. The highest BCUT2D eigenvalue weighted by Crippen LogP contribution is 2.18. The van der Waals surface area contributed by atoms with Gasteiger partial charge in [-0.15, -0.1) is 0 Å². The van der Waals surface area contributed by atoms with Gasteiger partial charge in [-0.25, -0.2) is 0 Å². The van der Waals surface area contributed by atoms with Crippen LogP contribution in [0.5, 0.6) is 0 Å². The van der Waals surface area contributed by atoms with Crippen molar-refractivity contribution < 1.29 is 5.11 Å². The average Bonchev–Trinajstić information content (AvgIpc) is 2.37. The van der Waals surface area contributed by atoms with Crippen molar-refractivity contribution in [1.82, 2.24) is 19.9 Å². The van der Waals surface area contributed by atoms with E-state index in [1.807, 2.05) is 32.8 Å². The first-order valence-electron chi connectivity index (χ1n) is 7.44. The van der Waals surface area contributed by atoms with Crippen LogP contribution in [-0.2, 0) is 0 Å². The molecule has 118 valence electrons. The number of anilines is 2. The van der Waals surface area contributed by atoms with Crippen LogP contribution in [0.4, 0.5) is 11.9 Å². The molecule has 2 heterocycles. The maximum atomic E-state index is 9.51. The van der Waals surface area contributed by atoms with Crippen LogP contribution in [-0.4, -0.2) is 77.4 Å². The predicted molar refractivity (Wildman–Crippen MR) is 83.8 cm³/mol. The molecule has 0 amide bonds. The summed E-state index contributed by atoms with van der Waals surface area (Å²) in [5.74, 6) is 2.17. The van der Waals surface area contributed by atoms with Crippen molar-refractivity contribution in [2.75, 3.05) is 50.1 Å². The van der Waals surface area contributed by atoms with E-state index in [4.69, 9.17) is 0 Å². The van der Waals surface area contributed by atoms with Gasteiger partial charge < -0.3 is 14.9 Å². The molecule has 7 nitrogen and oxygen atoms in total. The van der Waals surface area contributed by atoms with E-state index in [0.29, 0.717) is 12.0 Å². The third-order valence-electron chi connectivity index (χ3n) is 3.61. The van der Waals surface area contributed by atoms with Crippen LogP contribution in [0.25, 0.3) is 0 Å². The smallest absolute Gasteiger partial charge is 0.230 e. The molecule has 1 saturated heterocycles. The lowest BCUT2D eigenvalue weighted by molar-refractivity contribution is 0.114. The van der Waals surface area contributed by atoms with Crippen LogP contribution in [0.3, 0.4) is 0 Å². The summed E-state index contributed by atoms with van der Waals surface area (Å²) in [5.41, 5.74) is 0. The Morgan fingerprint density at radius 1 is 1.29 bits per heavy atom. The normalized spacial score (nSPS) is 21.4.